The molecule has 19 heavy (non-hydrogen) atoms. The summed E-state index contributed by atoms with van der Waals surface area (Å²) in [6.45, 7) is 0. The highest BCUT2D eigenvalue weighted by Gasteiger charge is 2.13. The van der Waals surface area contributed by atoms with E-state index in [1.165, 1.54) is 11.1 Å². The molecular formula is C14H12N4O. The third-order valence-corrected chi connectivity index (χ3v) is 2.65. The maximum absolute atomic E-state index is 12.0. The van der Waals surface area contributed by atoms with E-state index in [1.807, 2.05) is 12.1 Å². The molecule has 0 aliphatic rings. The number of rotatable bonds is 3. The maximum Gasteiger partial charge on any atom is 0.233 e. The summed E-state index contributed by atoms with van der Waals surface area (Å²) in [5.74, 6) is 0.413. The summed E-state index contributed by atoms with van der Waals surface area (Å²) in [6.07, 6.45) is 3.32. The van der Waals surface area contributed by atoms with Gasteiger partial charge in [0.15, 0.2) is 0 Å². The number of nitrogens with zero attached hydrogens (tertiary/aromatic N) is 4. The Labute approximate surface area is 111 Å². The molecule has 2 heterocycles. The number of carbonyl (C=O) groups is 1. The molecule has 0 saturated carbocycles. The first-order valence-electron chi connectivity index (χ1n) is 5.73. The van der Waals surface area contributed by atoms with Gasteiger partial charge in [-0.3, -0.25) is 14.7 Å². The lowest BCUT2D eigenvalue weighted by Crippen LogP contribution is -2.28. The quantitative estimate of drug-likeness (QED) is 0.831. The first-order valence-corrected chi connectivity index (χ1v) is 5.73. The average molecular weight is 252 g/mol. The lowest BCUT2D eigenvalue weighted by atomic mass is 10.2. The van der Waals surface area contributed by atoms with Crippen molar-refractivity contribution < 1.29 is 4.79 Å². The summed E-state index contributed by atoms with van der Waals surface area (Å²) in [7, 11) is 1.65. The van der Waals surface area contributed by atoms with Crippen LogP contribution in [0.25, 0.3) is 0 Å². The molecule has 0 radical (unpaired) electrons. The van der Waals surface area contributed by atoms with E-state index in [0.29, 0.717) is 17.1 Å². The summed E-state index contributed by atoms with van der Waals surface area (Å²) < 4.78 is 0. The third-order valence-electron chi connectivity index (χ3n) is 2.65. The molecule has 94 valence electrons. The summed E-state index contributed by atoms with van der Waals surface area (Å²) in [5, 5.41) is 8.69. The summed E-state index contributed by atoms with van der Waals surface area (Å²) in [6, 6.07) is 10.7. The standard InChI is InChI=1S/C14H12N4O/c1-18(13-6-5-11(9-15)10-17-13)14(19)8-12-4-2-3-7-16-12/h2-7,10H,8H2,1H3. The minimum Gasteiger partial charge on any atom is -0.300 e. The highest BCUT2D eigenvalue weighted by molar-refractivity contribution is 5.93. The van der Waals surface area contributed by atoms with Crippen LogP contribution in [-0.2, 0) is 11.2 Å². The van der Waals surface area contributed by atoms with Crippen molar-refractivity contribution in [3.05, 3.63) is 54.0 Å². The highest BCUT2D eigenvalue weighted by atomic mass is 16.2. The molecule has 0 aliphatic carbocycles. The number of hydrogen-bond donors (Lipinski definition) is 0. The van der Waals surface area contributed by atoms with E-state index in [9.17, 15) is 4.79 Å². The lowest BCUT2D eigenvalue weighted by Gasteiger charge is -2.15. The summed E-state index contributed by atoms with van der Waals surface area (Å²) in [4.78, 5) is 21.7. The molecule has 5 heteroatoms. The predicted octanol–water partition coefficient (Wildman–Crippen LogP) is 1.55. The molecule has 2 aromatic heterocycles. The average Bonchev–Trinajstić information content (AvgIpc) is 2.47. The smallest absolute Gasteiger partial charge is 0.233 e. The summed E-state index contributed by atoms with van der Waals surface area (Å²) >= 11 is 0. The van der Waals surface area contributed by atoms with Gasteiger partial charge in [0.1, 0.15) is 11.9 Å². The van der Waals surface area contributed by atoms with Gasteiger partial charge in [-0.05, 0) is 24.3 Å². The first kappa shape index (κ1) is 12.7. The second-order valence-electron chi connectivity index (χ2n) is 3.97. The van der Waals surface area contributed by atoms with Crippen LogP contribution >= 0.6 is 0 Å². The minimum atomic E-state index is -0.101. The Balaban J connectivity index is 2.08. The molecule has 0 saturated heterocycles. The molecule has 0 fully saturated rings. The molecule has 2 rings (SSSR count). The zero-order chi connectivity index (χ0) is 13.7. The van der Waals surface area contributed by atoms with Gasteiger partial charge < -0.3 is 0 Å². The summed E-state index contributed by atoms with van der Waals surface area (Å²) in [5.41, 5.74) is 1.18. The van der Waals surface area contributed by atoms with Gasteiger partial charge in [0.2, 0.25) is 5.91 Å². The van der Waals surface area contributed by atoms with Gasteiger partial charge >= 0.3 is 0 Å². The Hall–Kier alpha value is -2.74. The van der Waals surface area contributed by atoms with E-state index < -0.39 is 0 Å². The normalized spacial score (nSPS) is 9.68. The van der Waals surface area contributed by atoms with Crippen molar-refractivity contribution in [3.63, 3.8) is 0 Å². The van der Waals surface area contributed by atoms with Crippen molar-refractivity contribution in [2.45, 2.75) is 6.42 Å². The highest BCUT2D eigenvalue weighted by Crippen LogP contribution is 2.10. The van der Waals surface area contributed by atoms with Crippen LogP contribution in [-0.4, -0.2) is 22.9 Å². The molecular weight excluding hydrogens is 240 g/mol. The number of anilines is 1. The van der Waals surface area contributed by atoms with Crippen molar-refractivity contribution in [2.75, 3.05) is 11.9 Å². The van der Waals surface area contributed by atoms with Crippen molar-refractivity contribution in [1.82, 2.24) is 9.97 Å². The fourth-order valence-electron chi connectivity index (χ4n) is 1.55. The number of pyridine rings is 2. The van der Waals surface area contributed by atoms with Crippen LogP contribution in [0.2, 0.25) is 0 Å². The molecule has 2 aromatic rings. The van der Waals surface area contributed by atoms with Gasteiger partial charge in [-0.2, -0.15) is 5.26 Å². The number of carbonyl (C=O) groups excluding carboxylic acids is 1. The second-order valence-corrected chi connectivity index (χ2v) is 3.97. The van der Waals surface area contributed by atoms with Crippen molar-refractivity contribution in [1.29, 1.82) is 5.26 Å². The van der Waals surface area contributed by atoms with Gasteiger partial charge in [0, 0.05) is 25.1 Å². The van der Waals surface area contributed by atoms with Crippen LogP contribution in [0.5, 0.6) is 0 Å². The SMILES string of the molecule is CN(C(=O)Cc1ccccn1)c1ccc(C#N)cn1. The van der Waals surface area contributed by atoms with Crippen LogP contribution in [0.1, 0.15) is 11.3 Å². The third kappa shape index (κ3) is 3.13. The molecule has 0 aliphatic heterocycles. The zero-order valence-electron chi connectivity index (χ0n) is 10.4. The molecule has 0 N–H and O–H groups in total. The van der Waals surface area contributed by atoms with E-state index in [0.717, 1.165) is 0 Å². The van der Waals surface area contributed by atoms with Crippen molar-refractivity contribution >= 4 is 11.7 Å². The molecule has 1 amide bonds. The lowest BCUT2D eigenvalue weighted by molar-refractivity contribution is -0.117. The van der Waals surface area contributed by atoms with E-state index in [2.05, 4.69) is 9.97 Å². The zero-order valence-corrected chi connectivity index (χ0v) is 10.4. The molecule has 0 spiro atoms. The van der Waals surface area contributed by atoms with Crippen LogP contribution in [0.3, 0.4) is 0 Å². The number of amides is 1. The van der Waals surface area contributed by atoms with Crippen LogP contribution in [0.4, 0.5) is 5.82 Å². The van der Waals surface area contributed by atoms with Gasteiger partial charge in [-0.25, -0.2) is 4.98 Å². The van der Waals surface area contributed by atoms with Crippen LogP contribution in [0.15, 0.2) is 42.7 Å². The Bertz CT molecular complexity index is 602. The van der Waals surface area contributed by atoms with E-state index in [1.54, 1.807) is 37.5 Å². The monoisotopic (exact) mass is 252 g/mol. The first-order chi connectivity index (χ1) is 9.20. The predicted molar refractivity (Wildman–Crippen MR) is 70.3 cm³/mol. The van der Waals surface area contributed by atoms with Gasteiger partial charge in [-0.1, -0.05) is 6.07 Å². The Morgan fingerprint density at radius 1 is 1.32 bits per heavy atom. The van der Waals surface area contributed by atoms with E-state index in [4.69, 9.17) is 5.26 Å². The molecule has 0 unspecified atom stereocenters. The Morgan fingerprint density at radius 3 is 2.74 bits per heavy atom. The number of aromatic nitrogens is 2. The molecule has 5 nitrogen and oxygen atoms in total. The molecule has 0 atom stereocenters. The maximum atomic E-state index is 12.0. The molecule has 0 aromatic carbocycles. The fraction of sp³-hybridized carbons (Fsp3) is 0.143. The van der Waals surface area contributed by atoms with Crippen LogP contribution < -0.4 is 4.90 Å². The fourth-order valence-corrected chi connectivity index (χ4v) is 1.55. The van der Waals surface area contributed by atoms with Gasteiger partial charge in [-0.15, -0.1) is 0 Å². The van der Waals surface area contributed by atoms with Crippen molar-refractivity contribution in [2.24, 2.45) is 0 Å². The number of nitriles is 1. The number of likely N-dealkylation sites (N-methyl/N-ethyl adjacent to an activating group) is 1. The minimum absolute atomic E-state index is 0.101. The Morgan fingerprint density at radius 2 is 2.16 bits per heavy atom. The largest absolute Gasteiger partial charge is 0.300 e. The second kappa shape index (κ2) is 5.74. The molecule has 0 bridgehead atoms. The van der Waals surface area contributed by atoms with Gasteiger partial charge in [0.05, 0.1) is 12.0 Å². The van der Waals surface area contributed by atoms with Crippen molar-refractivity contribution in [3.8, 4) is 6.07 Å². The van der Waals surface area contributed by atoms with E-state index in [-0.39, 0.29) is 12.3 Å². The van der Waals surface area contributed by atoms with E-state index >= 15 is 0 Å². The number of hydrogen-bond acceptors (Lipinski definition) is 4. The van der Waals surface area contributed by atoms with Crippen LogP contribution in [0, 0.1) is 11.3 Å². The topological polar surface area (TPSA) is 69.9 Å². The Kier molecular flexibility index (Phi) is 3.84. The van der Waals surface area contributed by atoms with Gasteiger partial charge in [0.25, 0.3) is 0 Å².